The van der Waals surface area contributed by atoms with Crippen LogP contribution in [0.25, 0.3) is 11.8 Å². The van der Waals surface area contributed by atoms with Gasteiger partial charge in [-0.3, -0.25) is 14.9 Å². The summed E-state index contributed by atoms with van der Waals surface area (Å²) in [5, 5.41) is 2.94. The average Bonchev–Trinajstić information content (AvgIpc) is 3.01. The molecule has 1 saturated heterocycles. The number of para-hydroxylation sites is 1. The van der Waals surface area contributed by atoms with Gasteiger partial charge in [0.25, 0.3) is 11.8 Å². The molecule has 0 spiro atoms. The molecule has 0 unspecified atom stereocenters. The molecule has 2 heterocycles. The van der Waals surface area contributed by atoms with Gasteiger partial charge in [-0.25, -0.2) is 9.69 Å². The standard InChI is InChI=1S/C25H22ClN3O3/c1-14-8-5-6-10-21(14)29-24(31)19(23(30)27-25(29)32)13-18-12-15(2)28(17(18)4)22-11-7-9-20(26)16(22)3/h5-13H,1-4H3,(H,27,30,32)/b19-13+. The zero-order valence-electron chi connectivity index (χ0n) is 18.2. The number of amides is 4. The fourth-order valence-electron chi connectivity index (χ4n) is 3.99. The summed E-state index contributed by atoms with van der Waals surface area (Å²) in [6, 6.07) is 13.9. The van der Waals surface area contributed by atoms with Crippen LogP contribution in [0.5, 0.6) is 0 Å². The van der Waals surface area contributed by atoms with Gasteiger partial charge >= 0.3 is 6.03 Å². The van der Waals surface area contributed by atoms with Crippen LogP contribution in [0.3, 0.4) is 0 Å². The lowest BCUT2D eigenvalue weighted by Gasteiger charge is -2.27. The Labute approximate surface area is 191 Å². The van der Waals surface area contributed by atoms with E-state index in [0.717, 1.165) is 33.1 Å². The molecule has 3 aromatic rings. The van der Waals surface area contributed by atoms with E-state index in [9.17, 15) is 14.4 Å². The third-order valence-corrected chi connectivity index (χ3v) is 6.12. The lowest BCUT2D eigenvalue weighted by molar-refractivity contribution is -0.122. The second-order valence-electron chi connectivity index (χ2n) is 7.79. The maximum Gasteiger partial charge on any atom is 0.335 e. The van der Waals surface area contributed by atoms with E-state index >= 15 is 0 Å². The molecular weight excluding hydrogens is 426 g/mol. The highest BCUT2D eigenvalue weighted by Crippen LogP contribution is 2.29. The van der Waals surface area contributed by atoms with Crippen molar-refractivity contribution in [2.75, 3.05) is 4.90 Å². The number of nitrogens with one attached hydrogen (secondary N) is 1. The van der Waals surface area contributed by atoms with Gasteiger partial charge in [0.1, 0.15) is 5.57 Å². The van der Waals surface area contributed by atoms with Crippen molar-refractivity contribution in [1.82, 2.24) is 9.88 Å². The van der Waals surface area contributed by atoms with Crippen LogP contribution in [0.1, 0.15) is 28.1 Å². The Morgan fingerprint density at radius 2 is 1.59 bits per heavy atom. The summed E-state index contributed by atoms with van der Waals surface area (Å²) in [6.07, 6.45) is 1.54. The SMILES string of the molecule is Cc1ccccc1N1C(=O)NC(=O)/C(=C\c2cc(C)n(-c3cccc(Cl)c3C)c2C)C1=O. The third kappa shape index (κ3) is 3.52. The van der Waals surface area contributed by atoms with Gasteiger partial charge in [0, 0.05) is 22.1 Å². The van der Waals surface area contributed by atoms with Crippen molar-refractivity contribution in [3.8, 4) is 5.69 Å². The number of rotatable bonds is 3. The van der Waals surface area contributed by atoms with Crippen molar-refractivity contribution in [2.45, 2.75) is 27.7 Å². The van der Waals surface area contributed by atoms with Crippen LogP contribution in [0.4, 0.5) is 10.5 Å². The highest BCUT2D eigenvalue weighted by molar-refractivity contribution is 6.39. The molecule has 2 aromatic carbocycles. The smallest absolute Gasteiger partial charge is 0.318 e. The topological polar surface area (TPSA) is 71.4 Å². The molecule has 6 nitrogen and oxygen atoms in total. The van der Waals surface area contributed by atoms with E-state index in [0.29, 0.717) is 16.3 Å². The van der Waals surface area contributed by atoms with Crippen LogP contribution >= 0.6 is 11.6 Å². The summed E-state index contributed by atoms with van der Waals surface area (Å²) >= 11 is 6.31. The van der Waals surface area contributed by atoms with Crippen LogP contribution < -0.4 is 10.2 Å². The van der Waals surface area contributed by atoms with Crippen molar-refractivity contribution < 1.29 is 14.4 Å². The number of imide groups is 2. The predicted octanol–water partition coefficient (Wildman–Crippen LogP) is 5.03. The lowest BCUT2D eigenvalue weighted by atomic mass is 10.1. The average molecular weight is 448 g/mol. The van der Waals surface area contributed by atoms with Gasteiger partial charge in [0.2, 0.25) is 0 Å². The Kier molecular flexibility index (Phi) is 5.48. The van der Waals surface area contributed by atoms with Crippen LogP contribution in [-0.4, -0.2) is 22.4 Å². The Morgan fingerprint density at radius 3 is 2.31 bits per heavy atom. The van der Waals surface area contributed by atoms with Gasteiger partial charge in [-0.15, -0.1) is 0 Å². The minimum atomic E-state index is -0.758. The molecule has 1 N–H and O–H groups in total. The largest absolute Gasteiger partial charge is 0.335 e. The molecule has 0 bridgehead atoms. The summed E-state index contributed by atoms with van der Waals surface area (Å²) in [5.41, 5.74) is 5.42. The summed E-state index contributed by atoms with van der Waals surface area (Å²) in [4.78, 5) is 39.3. The van der Waals surface area contributed by atoms with Gasteiger partial charge in [-0.1, -0.05) is 35.9 Å². The van der Waals surface area contributed by atoms with Crippen molar-refractivity contribution in [1.29, 1.82) is 0 Å². The molecule has 1 aliphatic rings. The Balaban J connectivity index is 1.81. The van der Waals surface area contributed by atoms with Gasteiger partial charge in [-0.05, 0) is 74.7 Å². The van der Waals surface area contributed by atoms with E-state index in [-0.39, 0.29) is 5.57 Å². The van der Waals surface area contributed by atoms with Gasteiger partial charge < -0.3 is 4.57 Å². The second-order valence-corrected chi connectivity index (χ2v) is 8.20. The van der Waals surface area contributed by atoms with E-state index in [2.05, 4.69) is 5.32 Å². The van der Waals surface area contributed by atoms with E-state index < -0.39 is 17.8 Å². The zero-order chi connectivity index (χ0) is 23.2. The second kappa shape index (κ2) is 8.13. The van der Waals surface area contributed by atoms with Crippen molar-refractivity contribution in [3.63, 3.8) is 0 Å². The summed E-state index contributed by atoms with van der Waals surface area (Å²) in [7, 11) is 0. The summed E-state index contributed by atoms with van der Waals surface area (Å²) < 4.78 is 2.03. The number of anilines is 1. The number of hydrogen-bond acceptors (Lipinski definition) is 3. The van der Waals surface area contributed by atoms with Crippen LogP contribution in [0.2, 0.25) is 5.02 Å². The third-order valence-electron chi connectivity index (χ3n) is 5.71. The first-order chi connectivity index (χ1) is 15.2. The molecular formula is C25H22ClN3O3. The molecule has 4 amide bonds. The molecule has 7 heteroatoms. The quantitative estimate of drug-likeness (QED) is 0.452. The minimum Gasteiger partial charge on any atom is -0.318 e. The first-order valence-corrected chi connectivity index (χ1v) is 10.5. The molecule has 0 saturated carbocycles. The number of carbonyl (C=O) groups excluding carboxylic acids is 3. The molecule has 162 valence electrons. The van der Waals surface area contributed by atoms with Gasteiger partial charge in [0.05, 0.1) is 5.69 Å². The molecule has 1 aliphatic heterocycles. The van der Waals surface area contributed by atoms with Crippen LogP contribution in [0.15, 0.2) is 54.1 Å². The fraction of sp³-hybridized carbons (Fsp3) is 0.160. The van der Waals surface area contributed by atoms with Crippen LogP contribution in [-0.2, 0) is 9.59 Å². The normalized spacial score (nSPS) is 15.5. The lowest BCUT2D eigenvalue weighted by Crippen LogP contribution is -2.54. The number of urea groups is 1. The number of halogens is 1. The van der Waals surface area contributed by atoms with Crippen molar-refractivity contribution in [2.24, 2.45) is 0 Å². The molecule has 0 radical (unpaired) electrons. The number of aromatic nitrogens is 1. The van der Waals surface area contributed by atoms with E-state index in [1.807, 2.05) is 55.7 Å². The maximum absolute atomic E-state index is 13.2. The summed E-state index contributed by atoms with van der Waals surface area (Å²) in [6.45, 7) is 7.60. The number of carbonyl (C=O) groups is 3. The Bertz CT molecular complexity index is 1320. The maximum atomic E-state index is 13.2. The molecule has 32 heavy (non-hydrogen) atoms. The van der Waals surface area contributed by atoms with E-state index in [1.165, 1.54) is 6.08 Å². The first kappa shape index (κ1) is 21.6. The number of nitrogens with zero attached hydrogens (tertiary/aromatic N) is 2. The molecule has 1 fully saturated rings. The number of hydrogen-bond donors (Lipinski definition) is 1. The predicted molar refractivity (Wildman–Crippen MR) is 125 cm³/mol. The molecule has 1 aromatic heterocycles. The zero-order valence-corrected chi connectivity index (χ0v) is 18.9. The van der Waals surface area contributed by atoms with E-state index in [1.54, 1.807) is 25.1 Å². The Hall–Kier alpha value is -3.64. The monoisotopic (exact) mass is 447 g/mol. The van der Waals surface area contributed by atoms with Gasteiger partial charge in [-0.2, -0.15) is 0 Å². The minimum absolute atomic E-state index is 0.101. The number of benzene rings is 2. The summed E-state index contributed by atoms with van der Waals surface area (Å²) in [5.74, 6) is -1.37. The van der Waals surface area contributed by atoms with Crippen LogP contribution in [0, 0.1) is 27.7 Å². The number of barbiturate groups is 1. The molecule has 0 aliphatic carbocycles. The fourth-order valence-corrected chi connectivity index (χ4v) is 4.16. The Morgan fingerprint density at radius 1 is 0.906 bits per heavy atom. The highest BCUT2D eigenvalue weighted by atomic mass is 35.5. The highest BCUT2D eigenvalue weighted by Gasteiger charge is 2.37. The first-order valence-electron chi connectivity index (χ1n) is 10.1. The molecule has 4 rings (SSSR count). The van der Waals surface area contributed by atoms with Crippen molar-refractivity contribution >= 4 is 41.2 Å². The van der Waals surface area contributed by atoms with E-state index in [4.69, 9.17) is 11.6 Å². The number of aryl methyl sites for hydroxylation is 2. The van der Waals surface area contributed by atoms with Gasteiger partial charge in [0.15, 0.2) is 0 Å². The van der Waals surface area contributed by atoms with Crippen molar-refractivity contribution in [3.05, 3.63) is 87.2 Å². The molecule has 0 atom stereocenters.